The Morgan fingerprint density at radius 2 is 2.11 bits per heavy atom. The summed E-state index contributed by atoms with van der Waals surface area (Å²) in [4.78, 5) is 12.8. The number of aliphatic carboxylic acids is 1. The Hall–Kier alpha value is -1.39. The fourth-order valence-corrected chi connectivity index (χ4v) is 2.53. The quantitative estimate of drug-likeness (QED) is 0.885. The lowest BCUT2D eigenvalue weighted by Gasteiger charge is -2.37. The Kier molecular flexibility index (Phi) is 4.93. The van der Waals surface area contributed by atoms with Crippen LogP contribution in [-0.2, 0) is 9.53 Å². The predicted molar refractivity (Wildman–Crippen MR) is 73.0 cm³/mol. The average Bonchev–Trinajstić information content (AvgIpc) is 2.39. The first-order chi connectivity index (χ1) is 9.15. The molecular formula is C15H21NO3. The summed E-state index contributed by atoms with van der Waals surface area (Å²) in [5.41, 5.74) is 1.19. The molecule has 0 bridgehead atoms. The first-order valence-corrected chi connectivity index (χ1v) is 6.79. The van der Waals surface area contributed by atoms with Crippen molar-refractivity contribution >= 4 is 5.97 Å². The van der Waals surface area contributed by atoms with Gasteiger partial charge in [0.2, 0.25) is 0 Å². The molecule has 0 saturated carbocycles. The van der Waals surface area contributed by atoms with E-state index in [9.17, 15) is 4.79 Å². The molecule has 1 fully saturated rings. The Morgan fingerprint density at radius 1 is 1.37 bits per heavy atom. The number of ether oxygens (including phenoxy) is 1. The second kappa shape index (κ2) is 6.68. The van der Waals surface area contributed by atoms with Gasteiger partial charge in [0.15, 0.2) is 0 Å². The third-order valence-electron chi connectivity index (χ3n) is 3.37. The number of hydrogen-bond donors (Lipinski definition) is 1. The Balaban J connectivity index is 1.90. The molecule has 0 spiro atoms. The van der Waals surface area contributed by atoms with Crippen LogP contribution < -0.4 is 0 Å². The summed E-state index contributed by atoms with van der Waals surface area (Å²) < 4.78 is 5.97. The van der Waals surface area contributed by atoms with Crippen LogP contribution in [0.1, 0.15) is 31.4 Å². The van der Waals surface area contributed by atoms with Crippen LogP contribution in [0.4, 0.5) is 0 Å². The molecule has 0 aromatic heterocycles. The van der Waals surface area contributed by atoms with Crippen molar-refractivity contribution < 1.29 is 14.6 Å². The zero-order valence-corrected chi connectivity index (χ0v) is 11.3. The molecule has 1 aliphatic rings. The monoisotopic (exact) mass is 263 g/mol. The summed E-state index contributed by atoms with van der Waals surface area (Å²) in [6.45, 7) is 4.61. The number of rotatable bonds is 5. The van der Waals surface area contributed by atoms with Crippen molar-refractivity contribution in [1.82, 2.24) is 4.90 Å². The van der Waals surface area contributed by atoms with E-state index < -0.39 is 5.97 Å². The van der Waals surface area contributed by atoms with E-state index in [1.807, 2.05) is 18.2 Å². The van der Waals surface area contributed by atoms with E-state index in [4.69, 9.17) is 9.84 Å². The van der Waals surface area contributed by atoms with E-state index in [0.29, 0.717) is 6.42 Å². The Bertz CT molecular complexity index is 407. The van der Waals surface area contributed by atoms with Gasteiger partial charge in [0, 0.05) is 19.5 Å². The molecule has 19 heavy (non-hydrogen) atoms. The molecule has 1 heterocycles. The minimum Gasteiger partial charge on any atom is -0.481 e. The SMILES string of the molecule is C[C@@H]1CN(CCCC(=O)O)C[C@H](c2ccccc2)O1. The summed E-state index contributed by atoms with van der Waals surface area (Å²) >= 11 is 0. The molecule has 1 aromatic carbocycles. The van der Waals surface area contributed by atoms with Crippen LogP contribution in [0.3, 0.4) is 0 Å². The summed E-state index contributed by atoms with van der Waals surface area (Å²) in [7, 11) is 0. The van der Waals surface area contributed by atoms with Gasteiger partial charge in [-0.05, 0) is 25.5 Å². The second-order valence-electron chi connectivity index (χ2n) is 5.10. The van der Waals surface area contributed by atoms with Gasteiger partial charge in [0.05, 0.1) is 12.2 Å². The van der Waals surface area contributed by atoms with Crippen molar-refractivity contribution in [2.75, 3.05) is 19.6 Å². The number of nitrogens with zero attached hydrogens (tertiary/aromatic N) is 1. The van der Waals surface area contributed by atoms with E-state index >= 15 is 0 Å². The van der Waals surface area contributed by atoms with Crippen LogP contribution in [0.5, 0.6) is 0 Å². The third kappa shape index (κ3) is 4.33. The molecule has 104 valence electrons. The molecule has 4 heteroatoms. The molecule has 0 radical (unpaired) electrons. The van der Waals surface area contributed by atoms with Crippen molar-refractivity contribution in [3.05, 3.63) is 35.9 Å². The van der Waals surface area contributed by atoms with Gasteiger partial charge in [-0.3, -0.25) is 9.69 Å². The molecule has 1 N–H and O–H groups in total. The van der Waals surface area contributed by atoms with Crippen molar-refractivity contribution in [3.8, 4) is 0 Å². The van der Waals surface area contributed by atoms with Crippen LogP contribution in [0.2, 0.25) is 0 Å². The van der Waals surface area contributed by atoms with E-state index in [1.54, 1.807) is 0 Å². The van der Waals surface area contributed by atoms with Gasteiger partial charge in [-0.15, -0.1) is 0 Å². The van der Waals surface area contributed by atoms with E-state index in [1.165, 1.54) is 5.56 Å². The molecular weight excluding hydrogens is 242 g/mol. The van der Waals surface area contributed by atoms with Crippen molar-refractivity contribution in [2.45, 2.75) is 32.0 Å². The highest BCUT2D eigenvalue weighted by Crippen LogP contribution is 2.25. The maximum absolute atomic E-state index is 10.5. The van der Waals surface area contributed by atoms with Gasteiger partial charge in [-0.1, -0.05) is 30.3 Å². The number of carboxylic acid groups (broad SMARTS) is 1. The normalized spacial score (nSPS) is 24.3. The molecule has 2 atom stereocenters. The third-order valence-corrected chi connectivity index (χ3v) is 3.37. The first-order valence-electron chi connectivity index (χ1n) is 6.79. The lowest BCUT2D eigenvalue weighted by atomic mass is 10.1. The van der Waals surface area contributed by atoms with Gasteiger partial charge in [0.1, 0.15) is 0 Å². The predicted octanol–water partition coefficient (Wildman–Crippen LogP) is 2.31. The number of carbonyl (C=O) groups is 1. The highest BCUT2D eigenvalue weighted by molar-refractivity contribution is 5.66. The lowest BCUT2D eigenvalue weighted by Crippen LogP contribution is -2.43. The smallest absolute Gasteiger partial charge is 0.303 e. The number of benzene rings is 1. The van der Waals surface area contributed by atoms with Crippen molar-refractivity contribution in [1.29, 1.82) is 0 Å². The van der Waals surface area contributed by atoms with Crippen LogP contribution in [0.15, 0.2) is 30.3 Å². The molecule has 1 saturated heterocycles. The van der Waals surface area contributed by atoms with Gasteiger partial charge in [-0.25, -0.2) is 0 Å². The second-order valence-corrected chi connectivity index (χ2v) is 5.10. The highest BCUT2D eigenvalue weighted by Gasteiger charge is 2.25. The van der Waals surface area contributed by atoms with Crippen molar-refractivity contribution in [3.63, 3.8) is 0 Å². The molecule has 2 rings (SSSR count). The maximum Gasteiger partial charge on any atom is 0.303 e. The summed E-state index contributed by atoms with van der Waals surface area (Å²) in [5, 5.41) is 8.68. The molecule has 1 aliphatic heterocycles. The molecule has 0 unspecified atom stereocenters. The van der Waals surface area contributed by atoms with Crippen LogP contribution in [0.25, 0.3) is 0 Å². The lowest BCUT2D eigenvalue weighted by molar-refractivity contribution is -0.137. The van der Waals surface area contributed by atoms with Gasteiger partial charge >= 0.3 is 5.97 Å². The zero-order valence-electron chi connectivity index (χ0n) is 11.3. The topological polar surface area (TPSA) is 49.8 Å². The van der Waals surface area contributed by atoms with Crippen LogP contribution in [-0.4, -0.2) is 41.7 Å². The minimum absolute atomic E-state index is 0.0924. The zero-order chi connectivity index (χ0) is 13.7. The average molecular weight is 263 g/mol. The number of hydrogen-bond acceptors (Lipinski definition) is 3. The first kappa shape index (κ1) is 14.0. The van der Waals surface area contributed by atoms with Gasteiger partial charge < -0.3 is 9.84 Å². The van der Waals surface area contributed by atoms with Gasteiger partial charge in [-0.2, -0.15) is 0 Å². The summed E-state index contributed by atoms with van der Waals surface area (Å²) in [5.74, 6) is -0.721. The van der Waals surface area contributed by atoms with E-state index in [0.717, 1.165) is 19.6 Å². The van der Waals surface area contributed by atoms with Crippen LogP contribution >= 0.6 is 0 Å². The number of carboxylic acids is 1. The molecule has 1 aromatic rings. The molecule has 4 nitrogen and oxygen atoms in total. The van der Waals surface area contributed by atoms with Gasteiger partial charge in [0.25, 0.3) is 0 Å². The van der Waals surface area contributed by atoms with Crippen LogP contribution in [0, 0.1) is 0 Å². The fraction of sp³-hybridized carbons (Fsp3) is 0.533. The number of morpholine rings is 1. The molecule has 0 amide bonds. The molecule has 0 aliphatic carbocycles. The Morgan fingerprint density at radius 3 is 2.79 bits per heavy atom. The van der Waals surface area contributed by atoms with Crippen molar-refractivity contribution in [2.24, 2.45) is 0 Å². The fourth-order valence-electron chi connectivity index (χ4n) is 2.53. The van der Waals surface area contributed by atoms with E-state index in [2.05, 4.69) is 24.0 Å². The minimum atomic E-state index is -0.721. The standard InChI is InChI=1S/C15H21NO3/c1-12-10-16(9-5-8-15(17)18)11-14(19-12)13-6-3-2-4-7-13/h2-4,6-7,12,14H,5,8-11H2,1H3,(H,17,18)/t12-,14-/m1/s1. The largest absolute Gasteiger partial charge is 0.481 e. The summed E-state index contributed by atoms with van der Waals surface area (Å²) in [6.07, 6.45) is 1.21. The summed E-state index contributed by atoms with van der Waals surface area (Å²) in [6, 6.07) is 10.2. The van der Waals surface area contributed by atoms with E-state index in [-0.39, 0.29) is 18.6 Å². The highest BCUT2D eigenvalue weighted by atomic mass is 16.5. The Labute approximate surface area is 114 Å². The maximum atomic E-state index is 10.5.